The first-order chi connectivity index (χ1) is 6.16. The molecule has 0 aliphatic carbocycles. The van der Waals surface area contributed by atoms with Crippen molar-refractivity contribution in [2.24, 2.45) is 0 Å². The van der Waals surface area contributed by atoms with E-state index in [0.717, 1.165) is 12.1 Å². The Morgan fingerprint density at radius 1 is 1.15 bits per heavy atom. The van der Waals surface area contributed by atoms with Gasteiger partial charge in [0.05, 0.1) is 6.61 Å². The minimum absolute atomic E-state index is 0.0899. The van der Waals surface area contributed by atoms with Gasteiger partial charge in [0.25, 0.3) is 0 Å². The first-order valence-electron chi connectivity index (χ1n) is 3.57. The second-order valence-corrected chi connectivity index (χ2v) is 2.35. The maximum Gasteiger partial charge on any atom is 0.195 e. The highest BCUT2D eigenvalue weighted by atomic mass is 19.2. The molecule has 0 bridgehead atoms. The van der Waals surface area contributed by atoms with Gasteiger partial charge in [0.2, 0.25) is 0 Å². The Morgan fingerprint density at radius 3 is 2.46 bits per heavy atom. The fraction of sp³-hybridized carbons (Fsp3) is 0.111. The summed E-state index contributed by atoms with van der Waals surface area (Å²) in [6.07, 6.45) is 2.41. The van der Waals surface area contributed by atoms with Crippen molar-refractivity contribution < 1.29 is 18.3 Å². The summed E-state index contributed by atoms with van der Waals surface area (Å²) in [7, 11) is 0. The number of halogens is 3. The molecule has 0 saturated heterocycles. The van der Waals surface area contributed by atoms with Crippen LogP contribution in [0.5, 0.6) is 0 Å². The van der Waals surface area contributed by atoms with Crippen molar-refractivity contribution in [3.8, 4) is 0 Å². The van der Waals surface area contributed by atoms with Gasteiger partial charge in [-0.3, -0.25) is 0 Å². The minimum Gasteiger partial charge on any atom is -0.392 e. The van der Waals surface area contributed by atoms with Crippen molar-refractivity contribution in [1.82, 2.24) is 0 Å². The number of hydrogen-bond acceptors (Lipinski definition) is 1. The third-order valence-corrected chi connectivity index (χ3v) is 1.47. The van der Waals surface area contributed by atoms with E-state index in [1.54, 1.807) is 0 Å². The lowest BCUT2D eigenvalue weighted by Gasteiger charge is -1.98. The van der Waals surface area contributed by atoms with E-state index in [1.807, 2.05) is 0 Å². The van der Waals surface area contributed by atoms with Gasteiger partial charge in [-0.25, -0.2) is 13.2 Å². The standard InChI is InChI=1S/C9H7F3O/c10-7-4-3-6(2-1-5-13)8(11)9(7)12/h1-4,13H,5H2/b2-1+. The summed E-state index contributed by atoms with van der Waals surface area (Å²) in [6.45, 7) is -0.279. The Morgan fingerprint density at radius 2 is 1.85 bits per heavy atom. The molecule has 0 fully saturated rings. The van der Waals surface area contributed by atoms with E-state index in [0.29, 0.717) is 0 Å². The smallest absolute Gasteiger partial charge is 0.195 e. The van der Waals surface area contributed by atoms with Gasteiger partial charge in [-0.05, 0) is 12.1 Å². The van der Waals surface area contributed by atoms with Gasteiger partial charge in [-0.1, -0.05) is 12.2 Å². The first kappa shape index (κ1) is 9.80. The van der Waals surface area contributed by atoms with Crippen molar-refractivity contribution in [2.45, 2.75) is 0 Å². The molecule has 1 aromatic carbocycles. The highest BCUT2D eigenvalue weighted by Gasteiger charge is 2.10. The van der Waals surface area contributed by atoms with Crippen LogP contribution in [0.2, 0.25) is 0 Å². The zero-order chi connectivity index (χ0) is 9.84. The van der Waals surface area contributed by atoms with E-state index in [9.17, 15) is 13.2 Å². The van der Waals surface area contributed by atoms with Gasteiger partial charge in [0.15, 0.2) is 17.5 Å². The van der Waals surface area contributed by atoms with E-state index >= 15 is 0 Å². The van der Waals surface area contributed by atoms with E-state index in [4.69, 9.17) is 5.11 Å². The fourth-order valence-electron chi connectivity index (χ4n) is 0.849. The van der Waals surface area contributed by atoms with Gasteiger partial charge in [0, 0.05) is 5.56 Å². The molecule has 1 N–H and O–H groups in total. The second-order valence-electron chi connectivity index (χ2n) is 2.35. The maximum atomic E-state index is 12.8. The van der Waals surface area contributed by atoms with Crippen LogP contribution in [0.25, 0.3) is 6.08 Å². The van der Waals surface area contributed by atoms with Gasteiger partial charge >= 0.3 is 0 Å². The van der Waals surface area contributed by atoms with E-state index in [2.05, 4.69) is 0 Å². The molecular formula is C9H7F3O. The molecule has 0 saturated carbocycles. The monoisotopic (exact) mass is 188 g/mol. The molecule has 0 atom stereocenters. The van der Waals surface area contributed by atoms with Gasteiger partial charge in [-0.15, -0.1) is 0 Å². The molecule has 0 aliphatic rings. The van der Waals surface area contributed by atoms with Crippen LogP contribution in [0.4, 0.5) is 13.2 Å². The number of aliphatic hydroxyl groups is 1. The predicted molar refractivity (Wildman–Crippen MR) is 42.4 cm³/mol. The molecule has 1 aromatic rings. The van der Waals surface area contributed by atoms with Crippen LogP contribution < -0.4 is 0 Å². The molecule has 4 heteroatoms. The van der Waals surface area contributed by atoms with Crippen molar-refractivity contribution in [3.63, 3.8) is 0 Å². The Hall–Kier alpha value is -1.29. The van der Waals surface area contributed by atoms with Gasteiger partial charge in [0.1, 0.15) is 0 Å². The number of benzene rings is 1. The summed E-state index contributed by atoms with van der Waals surface area (Å²) in [4.78, 5) is 0. The lowest BCUT2D eigenvalue weighted by atomic mass is 10.2. The largest absolute Gasteiger partial charge is 0.392 e. The fourth-order valence-corrected chi connectivity index (χ4v) is 0.849. The van der Waals surface area contributed by atoms with Crippen molar-refractivity contribution >= 4 is 6.08 Å². The van der Waals surface area contributed by atoms with Crippen LogP contribution in [-0.2, 0) is 0 Å². The zero-order valence-electron chi connectivity index (χ0n) is 6.60. The summed E-state index contributed by atoms with van der Waals surface area (Å²) >= 11 is 0. The third-order valence-electron chi connectivity index (χ3n) is 1.47. The molecule has 13 heavy (non-hydrogen) atoms. The topological polar surface area (TPSA) is 20.2 Å². The Balaban J connectivity index is 3.11. The Kier molecular flexibility index (Phi) is 3.08. The lowest BCUT2D eigenvalue weighted by Crippen LogP contribution is -1.93. The van der Waals surface area contributed by atoms with Gasteiger partial charge in [-0.2, -0.15) is 0 Å². The molecule has 0 radical (unpaired) electrons. The van der Waals surface area contributed by atoms with Crippen LogP contribution in [0, 0.1) is 17.5 Å². The highest BCUT2D eigenvalue weighted by molar-refractivity contribution is 5.50. The Labute approximate surface area is 73.1 Å². The first-order valence-corrected chi connectivity index (χ1v) is 3.57. The van der Waals surface area contributed by atoms with E-state index in [-0.39, 0.29) is 12.2 Å². The van der Waals surface area contributed by atoms with Crippen molar-refractivity contribution in [2.75, 3.05) is 6.61 Å². The van der Waals surface area contributed by atoms with E-state index in [1.165, 1.54) is 12.2 Å². The molecule has 1 nitrogen and oxygen atoms in total. The third kappa shape index (κ3) is 2.09. The summed E-state index contributed by atoms with van der Waals surface area (Å²) < 4.78 is 37.8. The van der Waals surface area contributed by atoms with Crippen LogP contribution in [0.3, 0.4) is 0 Å². The highest BCUT2D eigenvalue weighted by Crippen LogP contribution is 2.15. The predicted octanol–water partition coefficient (Wildman–Crippen LogP) is 2.11. The maximum absolute atomic E-state index is 12.8. The van der Waals surface area contributed by atoms with Crippen molar-refractivity contribution in [3.05, 3.63) is 41.2 Å². The molecule has 0 unspecified atom stereocenters. The molecule has 0 heterocycles. The minimum atomic E-state index is -1.50. The average Bonchev–Trinajstić information content (AvgIpc) is 2.13. The average molecular weight is 188 g/mol. The SMILES string of the molecule is OC/C=C/c1ccc(F)c(F)c1F. The molecule has 1 rings (SSSR count). The van der Waals surface area contributed by atoms with Crippen LogP contribution in [0.1, 0.15) is 5.56 Å². The molecule has 0 spiro atoms. The summed E-state index contributed by atoms with van der Waals surface area (Å²) in [5.41, 5.74) is -0.0899. The zero-order valence-corrected chi connectivity index (χ0v) is 6.60. The molecule has 0 aliphatic heterocycles. The molecular weight excluding hydrogens is 181 g/mol. The van der Waals surface area contributed by atoms with Crippen LogP contribution in [0.15, 0.2) is 18.2 Å². The van der Waals surface area contributed by atoms with Crippen molar-refractivity contribution in [1.29, 1.82) is 0 Å². The molecule has 0 amide bonds. The normalized spacial score (nSPS) is 11.1. The number of hydrogen-bond donors (Lipinski definition) is 1. The number of aliphatic hydroxyl groups excluding tert-OH is 1. The Bertz CT molecular complexity index is 334. The summed E-state index contributed by atoms with van der Waals surface area (Å²) in [6, 6.07) is 1.93. The second kappa shape index (κ2) is 4.09. The molecule has 70 valence electrons. The summed E-state index contributed by atoms with van der Waals surface area (Å²) in [5, 5.41) is 8.37. The van der Waals surface area contributed by atoms with Crippen LogP contribution >= 0.6 is 0 Å². The molecule has 0 aromatic heterocycles. The summed E-state index contributed by atoms with van der Waals surface area (Å²) in [5.74, 6) is -3.97. The quantitative estimate of drug-likeness (QED) is 0.704. The van der Waals surface area contributed by atoms with Gasteiger partial charge < -0.3 is 5.11 Å². The van der Waals surface area contributed by atoms with E-state index < -0.39 is 17.5 Å². The van der Waals surface area contributed by atoms with Crippen LogP contribution in [-0.4, -0.2) is 11.7 Å². The number of rotatable bonds is 2. The lowest BCUT2D eigenvalue weighted by molar-refractivity contribution is 0.343.